The van der Waals surface area contributed by atoms with Crippen molar-refractivity contribution in [2.24, 2.45) is 18.9 Å². The van der Waals surface area contributed by atoms with Crippen LogP contribution >= 0.6 is 0 Å². The minimum absolute atomic E-state index is 0.00236. The molecule has 3 aromatic heterocycles. The number of rotatable bonds is 10. The maximum atomic E-state index is 15.7. The number of nitrogens with one attached hydrogen (secondary N) is 2. The largest absolute Gasteiger partial charge is 0.435 e. The Hall–Kier alpha value is -5.48. The fourth-order valence-corrected chi connectivity index (χ4v) is 8.19. The summed E-state index contributed by atoms with van der Waals surface area (Å²) in [5.41, 5.74) is -3.43. The van der Waals surface area contributed by atoms with Crippen molar-refractivity contribution < 1.29 is 49.1 Å². The lowest BCUT2D eigenvalue weighted by Crippen LogP contribution is -2.36. The van der Waals surface area contributed by atoms with E-state index in [-0.39, 0.29) is 53.5 Å². The van der Waals surface area contributed by atoms with E-state index in [1.165, 1.54) is 17.7 Å². The fraction of sp³-hybridized carbons (Fsp3) is 0.400. The number of halogens is 7. The number of nitrogens with zero attached hydrogens (tertiary/aromatic N) is 5. The summed E-state index contributed by atoms with van der Waals surface area (Å²) in [7, 11) is -2.24. The van der Waals surface area contributed by atoms with Crippen molar-refractivity contribution in [1.29, 1.82) is 0 Å². The monoisotopic (exact) mass is 845 g/mol. The predicted octanol–water partition coefficient (Wildman–Crippen LogP) is 6.96. The molecule has 3 heterocycles. The molecule has 4 unspecified atom stereocenters. The van der Waals surface area contributed by atoms with Gasteiger partial charge in [-0.1, -0.05) is 31.9 Å². The van der Waals surface area contributed by atoms with Gasteiger partial charge in [-0.3, -0.25) is 18.9 Å². The number of para-hydroxylation sites is 1. The number of alkyl halides is 5. The molecule has 1 amide bonds. The molecular formula is C40H38F7N7O4S. The van der Waals surface area contributed by atoms with Gasteiger partial charge in [0.15, 0.2) is 11.5 Å². The molecule has 3 N–H and O–H groups in total. The number of anilines is 1. The number of pyridine rings is 1. The van der Waals surface area contributed by atoms with Gasteiger partial charge in [0.05, 0.1) is 23.5 Å². The molecule has 59 heavy (non-hydrogen) atoms. The van der Waals surface area contributed by atoms with Gasteiger partial charge in [0, 0.05) is 41.1 Å². The first-order valence-corrected chi connectivity index (χ1v) is 20.3. The summed E-state index contributed by atoms with van der Waals surface area (Å²) in [6.45, 7) is 3.91. The van der Waals surface area contributed by atoms with Gasteiger partial charge in [0.2, 0.25) is 15.9 Å². The van der Waals surface area contributed by atoms with Crippen molar-refractivity contribution in [2.45, 2.75) is 76.2 Å². The summed E-state index contributed by atoms with van der Waals surface area (Å²) in [6.07, 6.45) is -4.41. The summed E-state index contributed by atoms with van der Waals surface area (Å²) >= 11 is 0. The van der Waals surface area contributed by atoms with Crippen LogP contribution in [-0.2, 0) is 46.9 Å². The van der Waals surface area contributed by atoms with E-state index < -0.39 is 86.6 Å². The molecule has 0 radical (unpaired) electrons. The average Bonchev–Trinajstić information content (AvgIpc) is 3.67. The van der Waals surface area contributed by atoms with Crippen molar-refractivity contribution >= 4 is 32.7 Å². The Morgan fingerprint density at radius 1 is 1.05 bits per heavy atom. The molecule has 312 valence electrons. The molecule has 1 saturated carbocycles. The zero-order chi connectivity index (χ0) is 43.0. The highest BCUT2D eigenvalue weighted by Gasteiger charge is 2.63. The molecule has 7 rings (SSSR count). The maximum Gasteiger partial charge on any atom is 0.435 e. The lowest BCUT2D eigenvalue weighted by Gasteiger charge is -2.34. The van der Waals surface area contributed by atoms with E-state index >= 15 is 8.78 Å². The number of sulfonamides is 1. The van der Waals surface area contributed by atoms with Crippen molar-refractivity contribution in [3.63, 3.8) is 0 Å². The molecule has 0 spiro atoms. The molecule has 2 aliphatic rings. The number of aryl methyl sites for hydroxylation is 1. The standard InChI is InChI=1S/C40H38F7N7O4S/c1-20(2)38(3,56)14-13-24-9-10-25(26-7-6-8-28-34(26)53(4)51-37(28)52-59(5,57)58)33(48-24)30(17-21-15-22(41)18-23(42)16-21)49-31(55)19-54-36-32(35(50-54)40(45,46)47)27-11-12-29(27)39(36,43)44/h6-10,15-16,18,20,27,29-30,56H,11-12,17,19H2,1-5H3,(H,49,55)(H,51,52). The van der Waals surface area contributed by atoms with E-state index in [1.807, 2.05) is 0 Å². The topological polar surface area (TPSA) is 144 Å². The Morgan fingerprint density at radius 2 is 1.75 bits per heavy atom. The van der Waals surface area contributed by atoms with Crippen LogP contribution in [0.15, 0.2) is 48.5 Å². The summed E-state index contributed by atoms with van der Waals surface area (Å²) in [5, 5.41) is 21.7. The maximum absolute atomic E-state index is 15.7. The summed E-state index contributed by atoms with van der Waals surface area (Å²) in [5.74, 6) is -3.86. The Labute approximate surface area is 334 Å². The molecule has 0 saturated heterocycles. The molecule has 1 fully saturated rings. The third-order valence-electron chi connectivity index (χ3n) is 10.9. The Balaban J connectivity index is 1.39. The lowest BCUT2D eigenvalue weighted by molar-refractivity contribution is -0.144. The van der Waals surface area contributed by atoms with Crippen LogP contribution in [0.5, 0.6) is 0 Å². The second-order valence-corrected chi connectivity index (χ2v) is 17.3. The van der Waals surface area contributed by atoms with Crippen LogP contribution in [0.3, 0.4) is 0 Å². The minimum Gasteiger partial charge on any atom is -0.378 e. The number of aliphatic hydroxyl groups is 1. The van der Waals surface area contributed by atoms with Gasteiger partial charge in [0.25, 0.3) is 5.92 Å². The van der Waals surface area contributed by atoms with Crippen LogP contribution in [0.2, 0.25) is 0 Å². The van der Waals surface area contributed by atoms with Crippen molar-refractivity contribution in [1.82, 2.24) is 29.9 Å². The van der Waals surface area contributed by atoms with Crippen molar-refractivity contribution in [3.8, 4) is 23.0 Å². The number of aromatic nitrogens is 5. The zero-order valence-electron chi connectivity index (χ0n) is 32.2. The normalized spacial score (nSPS) is 18.7. The Bertz CT molecular complexity index is 2660. The first-order chi connectivity index (χ1) is 27.4. The van der Waals surface area contributed by atoms with Gasteiger partial charge >= 0.3 is 6.18 Å². The van der Waals surface area contributed by atoms with Crippen LogP contribution in [-0.4, -0.2) is 55.8 Å². The molecule has 0 bridgehead atoms. The molecule has 2 aliphatic carbocycles. The number of hydrogen-bond acceptors (Lipinski definition) is 7. The average molecular weight is 846 g/mol. The first-order valence-electron chi connectivity index (χ1n) is 18.5. The summed E-state index contributed by atoms with van der Waals surface area (Å²) < 4.78 is 132. The van der Waals surface area contributed by atoms with Gasteiger partial charge in [-0.15, -0.1) is 0 Å². The zero-order valence-corrected chi connectivity index (χ0v) is 33.0. The molecule has 11 nitrogen and oxygen atoms in total. The van der Waals surface area contributed by atoms with E-state index in [9.17, 15) is 40.3 Å². The van der Waals surface area contributed by atoms with Crippen molar-refractivity contribution in [2.75, 3.05) is 11.0 Å². The Kier molecular flexibility index (Phi) is 10.4. The quantitative estimate of drug-likeness (QED) is 0.102. The van der Waals surface area contributed by atoms with Crippen LogP contribution in [0.4, 0.5) is 36.6 Å². The van der Waals surface area contributed by atoms with Gasteiger partial charge < -0.3 is 10.4 Å². The number of hydrogen-bond donors (Lipinski definition) is 3. The van der Waals surface area contributed by atoms with Crippen LogP contribution in [0.25, 0.3) is 22.0 Å². The fourth-order valence-electron chi connectivity index (χ4n) is 7.69. The number of benzene rings is 2. The third-order valence-corrected chi connectivity index (χ3v) is 11.5. The minimum atomic E-state index is -5.08. The summed E-state index contributed by atoms with van der Waals surface area (Å²) in [4.78, 5) is 18.8. The highest BCUT2D eigenvalue weighted by molar-refractivity contribution is 7.92. The van der Waals surface area contributed by atoms with Gasteiger partial charge in [0.1, 0.15) is 35.2 Å². The second kappa shape index (κ2) is 14.7. The molecule has 5 aromatic rings. The predicted molar refractivity (Wildman–Crippen MR) is 202 cm³/mol. The van der Waals surface area contributed by atoms with E-state index in [1.54, 1.807) is 45.2 Å². The highest BCUT2D eigenvalue weighted by atomic mass is 32.2. The summed E-state index contributed by atoms with van der Waals surface area (Å²) in [6, 6.07) is 9.20. The number of carbonyl (C=O) groups excluding carboxylic acids is 1. The van der Waals surface area contributed by atoms with E-state index in [0.29, 0.717) is 27.2 Å². The molecular weight excluding hydrogens is 808 g/mol. The van der Waals surface area contributed by atoms with Gasteiger partial charge in [-0.05, 0) is 79.8 Å². The van der Waals surface area contributed by atoms with Crippen LogP contribution in [0.1, 0.15) is 79.5 Å². The molecule has 19 heteroatoms. The number of fused-ring (bicyclic) bond motifs is 4. The molecule has 0 aliphatic heterocycles. The van der Waals surface area contributed by atoms with E-state index in [0.717, 1.165) is 18.4 Å². The third kappa shape index (κ3) is 7.99. The number of carbonyl (C=O) groups is 1. The number of amides is 1. The van der Waals surface area contributed by atoms with Crippen molar-refractivity contribution in [3.05, 3.63) is 94.1 Å². The van der Waals surface area contributed by atoms with Crippen LogP contribution < -0.4 is 10.0 Å². The second-order valence-electron chi connectivity index (χ2n) is 15.5. The van der Waals surface area contributed by atoms with Gasteiger partial charge in [-0.2, -0.15) is 32.1 Å². The SMILES string of the molecule is CC(C)C(C)(O)C#Cc1ccc(-c2cccc3c(NS(C)(=O)=O)nn(C)c23)c(C(Cc2cc(F)cc(F)c2)NC(=O)Cn2nc(C(F)(F)F)c3c2C(F)(F)C2CCC32)n1. The molecule has 2 aromatic carbocycles. The highest BCUT2D eigenvalue weighted by Crippen LogP contribution is 2.64. The first kappa shape index (κ1) is 41.7. The van der Waals surface area contributed by atoms with Gasteiger partial charge in [-0.25, -0.2) is 22.2 Å². The van der Waals surface area contributed by atoms with E-state index in [2.05, 4.69) is 32.1 Å². The molecule has 4 atom stereocenters. The van der Waals surface area contributed by atoms with Crippen LogP contribution in [0, 0.1) is 35.3 Å². The Morgan fingerprint density at radius 3 is 2.36 bits per heavy atom. The smallest absolute Gasteiger partial charge is 0.378 e. The van der Waals surface area contributed by atoms with E-state index in [4.69, 9.17) is 4.98 Å². The lowest BCUT2D eigenvalue weighted by atomic mass is 9.73.